The van der Waals surface area contributed by atoms with Crippen molar-refractivity contribution >= 4 is 29.1 Å². The van der Waals surface area contributed by atoms with Crippen molar-refractivity contribution in [3.8, 4) is 0 Å². The van der Waals surface area contributed by atoms with E-state index in [1.807, 2.05) is 6.92 Å². The molecule has 2 N–H and O–H groups in total. The Morgan fingerprint density at radius 2 is 1.94 bits per heavy atom. The number of nitrogens with zero attached hydrogens (tertiary/aromatic N) is 1. The van der Waals surface area contributed by atoms with Crippen LogP contribution in [0.2, 0.25) is 0 Å². The summed E-state index contributed by atoms with van der Waals surface area (Å²) in [4.78, 5) is 25.2. The molecule has 1 amide bonds. The zero-order valence-corrected chi connectivity index (χ0v) is 12.1. The van der Waals surface area contributed by atoms with E-state index in [2.05, 4.69) is 0 Å². The fourth-order valence-electron chi connectivity index (χ4n) is 1.60. The summed E-state index contributed by atoms with van der Waals surface area (Å²) in [7, 11) is 0. The van der Waals surface area contributed by atoms with Gasteiger partial charge in [0.05, 0.1) is 17.5 Å². The van der Waals surface area contributed by atoms with Crippen LogP contribution >= 0.6 is 12.2 Å². The van der Waals surface area contributed by atoms with E-state index in [0.717, 1.165) is 6.42 Å². The predicted octanol–water partition coefficient (Wildman–Crippen LogP) is 1.10. The van der Waals surface area contributed by atoms with Crippen LogP contribution < -0.4 is 5.73 Å². The highest BCUT2D eigenvalue weighted by atomic mass is 32.1. The molecule has 0 bridgehead atoms. The Balaban J connectivity index is 4.66. The van der Waals surface area contributed by atoms with Crippen LogP contribution in [0.4, 0.5) is 0 Å². The van der Waals surface area contributed by atoms with E-state index in [1.165, 1.54) is 4.90 Å². The third kappa shape index (κ3) is 5.44. The van der Waals surface area contributed by atoms with E-state index in [-0.39, 0.29) is 17.4 Å². The second-order valence-electron chi connectivity index (χ2n) is 3.90. The Kier molecular flexibility index (Phi) is 8.28. The summed E-state index contributed by atoms with van der Waals surface area (Å²) in [6.45, 7) is 6.18. The molecule has 5 nitrogen and oxygen atoms in total. The van der Waals surface area contributed by atoms with Crippen molar-refractivity contribution in [2.45, 2.75) is 33.6 Å². The van der Waals surface area contributed by atoms with Crippen LogP contribution in [0.25, 0.3) is 0 Å². The van der Waals surface area contributed by atoms with Crippen molar-refractivity contribution in [2.75, 3.05) is 19.7 Å². The average molecular weight is 274 g/mol. The van der Waals surface area contributed by atoms with Crippen LogP contribution in [0.1, 0.15) is 33.6 Å². The molecule has 1 unspecified atom stereocenters. The normalized spacial score (nSPS) is 11.7. The zero-order valence-electron chi connectivity index (χ0n) is 11.3. The van der Waals surface area contributed by atoms with Crippen molar-refractivity contribution in [1.82, 2.24) is 4.90 Å². The molecule has 0 rings (SSSR count). The number of thiocarbonyl (C=S) groups is 1. The van der Waals surface area contributed by atoms with Gasteiger partial charge in [-0.15, -0.1) is 0 Å². The van der Waals surface area contributed by atoms with Crippen LogP contribution in [0.3, 0.4) is 0 Å². The van der Waals surface area contributed by atoms with Gasteiger partial charge in [-0.05, 0) is 20.3 Å². The van der Waals surface area contributed by atoms with Gasteiger partial charge >= 0.3 is 5.97 Å². The van der Waals surface area contributed by atoms with Gasteiger partial charge in [0.1, 0.15) is 6.54 Å². The second-order valence-corrected chi connectivity index (χ2v) is 4.37. The maximum atomic E-state index is 12.2. The summed E-state index contributed by atoms with van der Waals surface area (Å²) < 4.78 is 4.83. The first-order valence-corrected chi connectivity index (χ1v) is 6.62. The number of hydrogen-bond donors (Lipinski definition) is 1. The Hall–Kier alpha value is -1.17. The molecule has 0 aromatic carbocycles. The number of hydrogen-bond acceptors (Lipinski definition) is 4. The standard InChI is InChI=1S/C12H22N2O3S/c1-4-7-9(11(13)18)12(16)14(5-2)8-10(15)17-6-3/h9H,4-8H2,1-3H3,(H2,13,18). The highest BCUT2D eigenvalue weighted by Crippen LogP contribution is 2.11. The number of ether oxygens (including phenoxy) is 1. The molecular formula is C12H22N2O3S. The number of nitrogens with two attached hydrogens (primary N) is 1. The summed E-state index contributed by atoms with van der Waals surface area (Å²) >= 11 is 4.90. The highest BCUT2D eigenvalue weighted by Gasteiger charge is 2.26. The molecule has 0 radical (unpaired) electrons. The first-order chi connectivity index (χ1) is 8.47. The lowest BCUT2D eigenvalue weighted by Gasteiger charge is -2.24. The van der Waals surface area contributed by atoms with E-state index in [0.29, 0.717) is 19.6 Å². The molecule has 0 aliphatic carbocycles. The van der Waals surface area contributed by atoms with Crippen LogP contribution in [-0.4, -0.2) is 41.5 Å². The highest BCUT2D eigenvalue weighted by molar-refractivity contribution is 7.80. The minimum absolute atomic E-state index is 0.0496. The Bertz CT molecular complexity index is 308. The van der Waals surface area contributed by atoms with Crippen LogP contribution in [0, 0.1) is 5.92 Å². The minimum Gasteiger partial charge on any atom is -0.465 e. The van der Waals surface area contributed by atoms with Crippen molar-refractivity contribution in [3.05, 3.63) is 0 Å². The Labute approximate surface area is 114 Å². The second kappa shape index (κ2) is 8.85. The lowest BCUT2D eigenvalue weighted by molar-refractivity contribution is -0.149. The quantitative estimate of drug-likeness (QED) is 0.530. The molecule has 0 saturated carbocycles. The fraction of sp³-hybridized carbons (Fsp3) is 0.750. The molecule has 104 valence electrons. The largest absolute Gasteiger partial charge is 0.465 e. The van der Waals surface area contributed by atoms with Crippen molar-refractivity contribution in [2.24, 2.45) is 11.7 Å². The monoisotopic (exact) mass is 274 g/mol. The number of likely N-dealkylation sites (N-methyl/N-ethyl adjacent to an activating group) is 1. The van der Waals surface area contributed by atoms with Gasteiger partial charge in [0, 0.05) is 6.54 Å². The number of carbonyl (C=O) groups excluding carboxylic acids is 2. The van der Waals surface area contributed by atoms with Gasteiger partial charge in [0.2, 0.25) is 5.91 Å². The van der Waals surface area contributed by atoms with Crippen LogP contribution in [0.5, 0.6) is 0 Å². The van der Waals surface area contributed by atoms with Gasteiger partial charge in [0.15, 0.2) is 0 Å². The number of rotatable bonds is 8. The third-order valence-electron chi connectivity index (χ3n) is 2.54. The smallest absolute Gasteiger partial charge is 0.325 e. The summed E-state index contributed by atoms with van der Waals surface area (Å²) in [5, 5.41) is 0. The van der Waals surface area contributed by atoms with Crippen LogP contribution in [-0.2, 0) is 14.3 Å². The molecular weight excluding hydrogens is 252 g/mol. The maximum absolute atomic E-state index is 12.2. The lowest BCUT2D eigenvalue weighted by Crippen LogP contribution is -2.43. The first-order valence-electron chi connectivity index (χ1n) is 6.21. The lowest BCUT2D eigenvalue weighted by atomic mass is 10.0. The maximum Gasteiger partial charge on any atom is 0.325 e. The average Bonchev–Trinajstić information content (AvgIpc) is 2.32. The molecule has 1 atom stereocenters. The molecule has 0 aliphatic rings. The van der Waals surface area contributed by atoms with Crippen LogP contribution in [0.15, 0.2) is 0 Å². The van der Waals surface area contributed by atoms with E-state index < -0.39 is 11.9 Å². The van der Waals surface area contributed by atoms with Gasteiger partial charge in [0.25, 0.3) is 0 Å². The molecule has 0 aromatic heterocycles. The number of esters is 1. The zero-order chi connectivity index (χ0) is 14.1. The molecule has 0 heterocycles. The summed E-state index contributed by atoms with van der Waals surface area (Å²) in [5.41, 5.74) is 5.57. The number of carbonyl (C=O) groups is 2. The Morgan fingerprint density at radius 3 is 2.33 bits per heavy atom. The topological polar surface area (TPSA) is 72.6 Å². The van der Waals surface area contributed by atoms with Gasteiger partial charge in [-0.1, -0.05) is 25.6 Å². The molecule has 0 aromatic rings. The first kappa shape index (κ1) is 16.8. The fourth-order valence-corrected chi connectivity index (χ4v) is 1.82. The molecule has 0 spiro atoms. The third-order valence-corrected chi connectivity index (χ3v) is 2.82. The molecule has 0 aliphatic heterocycles. The molecule has 18 heavy (non-hydrogen) atoms. The van der Waals surface area contributed by atoms with E-state index in [4.69, 9.17) is 22.7 Å². The molecule has 6 heteroatoms. The van der Waals surface area contributed by atoms with Gasteiger partial charge < -0.3 is 15.4 Å². The summed E-state index contributed by atoms with van der Waals surface area (Å²) in [6.07, 6.45) is 1.41. The summed E-state index contributed by atoms with van der Waals surface area (Å²) in [6, 6.07) is 0. The van der Waals surface area contributed by atoms with Gasteiger partial charge in [-0.25, -0.2) is 0 Å². The van der Waals surface area contributed by atoms with Gasteiger partial charge in [-0.2, -0.15) is 0 Å². The van der Waals surface area contributed by atoms with Crippen molar-refractivity contribution in [1.29, 1.82) is 0 Å². The SMILES string of the molecule is CCCC(C(=O)N(CC)CC(=O)OCC)C(N)=S. The molecule has 0 fully saturated rings. The summed E-state index contributed by atoms with van der Waals surface area (Å²) in [5.74, 6) is -1.09. The van der Waals surface area contributed by atoms with E-state index in [9.17, 15) is 9.59 Å². The van der Waals surface area contributed by atoms with Crippen molar-refractivity contribution in [3.63, 3.8) is 0 Å². The van der Waals surface area contributed by atoms with E-state index >= 15 is 0 Å². The van der Waals surface area contributed by atoms with Crippen molar-refractivity contribution < 1.29 is 14.3 Å². The van der Waals surface area contributed by atoms with Gasteiger partial charge in [-0.3, -0.25) is 9.59 Å². The predicted molar refractivity (Wildman–Crippen MR) is 74.1 cm³/mol. The minimum atomic E-state index is -0.487. The number of amides is 1. The Morgan fingerprint density at radius 1 is 1.33 bits per heavy atom. The van der Waals surface area contributed by atoms with E-state index in [1.54, 1.807) is 13.8 Å². The molecule has 0 saturated heterocycles.